The molecule has 1 unspecified atom stereocenters. The molecule has 5 heteroatoms. The number of aliphatic imine (C=N–C) groups is 1. The third-order valence-corrected chi connectivity index (χ3v) is 4.47. The number of nitrogens with zero attached hydrogens (tertiary/aromatic N) is 2. The van der Waals surface area contributed by atoms with Crippen molar-refractivity contribution in [2.75, 3.05) is 13.6 Å². The van der Waals surface area contributed by atoms with Gasteiger partial charge in [-0.1, -0.05) is 19.1 Å². The Morgan fingerprint density at radius 3 is 2.86 bits per heavy atom. The van der Waals surface area contributed by atoms with Gasteiger partial charge in [0.15, 0.2) is 5.96 Å². The lowest BCUT2D eigenvalue weighted by molar-refractivity contribution is 0.705. The van der Waals surface area contributed by atoms with E-state index in [1.54, 1.807) is 18.4 Å². The van der Waals surface area contributed by atoms with Crippen LogP contribution in [0.25, 0.3) is 0 Å². The molecule has 2 aromatic heterocycles. The van der Waals surface area contributed by atoms with E-state index in [1.165, 1.54) is 10.4 Å². The van der Waals surface area contributed by atoms with Gasteiger partial charge in [0.2, 0.25) is 0 Å². The first-order valence-corrected chi connectivity index (χ1v) is 7.97. The van der Waals surface area contributed by atoms with Gasteiger partial charge in [0.1, 0.15) is 0 Å². The van der Waals surface area contributed by atoms with Gasteiger partial charge < -0.3 is 10.6 Å². The highest BCUT2D eigenvalue weighted by atomic mass is 32.1. The first-order valence-electron chi connectivity index (χ1n) is 7.09. The van der Waals surface area contributed by atoms with E-state index in [4.69, 9.17) is 0 Å². The Bertz CT molecular complexity index is 578. The second-order valence-electron chi connectivity index (χ2n) is 4.99. The summed E-state index contributed by atoms with van der Waals surface area (Å²) in [6.45, 7) is 5.83. The van der Waals surface area contributed by atoms with Gasteiger partial charge in [0, 0.05) is 30.6 Å². The maximum absolute atomic E-state index is 4.38. The number of rotatable bonds is 5. The summed E-state index contributed by atoms with van der Waals surface area (Å²) >= 11 is 1.79. The minimum Gasteiger partial charge on any atom is -0.356 e. The average molecular weight is 302 g/mol. The summed E-state index contributed by atoms with van der Waals surface area (Å²) in [5.41, 5.74) is 2.24. The zero-order valence-electron chi connectivity index (χ0n) is 12.8. The van der Waals surface area contributed by atoms with Crippen molar-refractivity contribution in [1.82, 2.24) is 15.6 Å². The number of aryl methyl sites for hydroxylation is 1. The molecule has 4 nitrogen and oxygen atoms in total. The average Bonchev–Trinajstić information content (AvgIpc) is 3.03. The second-order valence-corrected chi connectivity index (χ2v) is 5.97. The Labute approximate surface area is 130 Å². The van der Waals surface area contributed by atoms with Gasteiger partial charge in [-0.2, -0.15) is 0 Å². The van der Waals surface area contributed by atoms with Crippen LogP contribution in [0.5, 0.6) is 0 Å². The molecule has 1 atom stereocenters. The van der Waals surface area contributed by atoms with E-state index in [0.29, 0.717) is 12.5 Å². The van der Waals surface area contributed by atoms with Crippen molar-refractivity contribution in [1.29, 1.82) is 0 Å². The largest absolute Gasteiger partial charge is 0.356 e. The van der Waals surface area contributed by atoms with E-state index >= 15 is 0 Å². The molecule has 0 fully saturated rings. The lowest BCUT2D eigenvalue weighted by Gasteiger charge is -2.15. The van der Waals surface area contributed by atoms with Crippen molar-refractivity contribution in [2.24, 2.45) is 4.99 Å². The Hall–Kier alpha value is -1.88. The highest BCUT2D eigenvalue weighted by Gasteiger charge is 2.07. The van der Waals surface area contributed by atoms with Gasteiger partial charge in [-0.25, -0.2) is 0 Å². The number of aromatic nitrogens is 1. The maximum atomic E-state index is 4.38. The van der Waals surface area contributed by atoms with Crippen molar-refractivity contribution in [2.45, 2.75) is 26.3 Å². The lowest BCUT2D eigenvalue weighted by Crippen LogP contribution is -2.38. The van der Waals surface area contributed by atoms with Gasteiger partial charge in [0.05, 0.1) is 12.2 Å². The molecule has 0 amide bonds. The maximum Gasteiger partial charge on any atom is 0.191 e. The molecule has 2 aromatic rings. The summed E-state index contributed by atoms with van der Waals surface area (Å²) in [7, 11) is 1.79. The van der Waals surface area contributed by atoms with E-state index in [9.17, 15) is 0 Å². The minimum absolute atomic E-state index is 0.472. The van der Waals surface area contributed by atoms with Crippen LogP contribution in [0.1, 0.15) is 29.0 Å². The summed E-state index contributed by atoms with van der Waals surface area (Å²) in [5.74, 6) is 1.28. The van der Waals surface area contributed by atoms with Crippen LogP contribution in [-0.4, -0.2) is 24.5 Å². The summed E-state index contributed by atoms with van der Waals surface area (Å²) < 4.78 is 0. The molecule has 0 saturated heterocycles. The topological polar surface area (TPSA) is 49.3 Å². The fraction of sp³-hybridized carbons (Fsp3) is 0.375. The molecule has 2 rings (SSSR count). The third kappa shape index (κ3) is 4.56. The smallest absolute Gasteiger partial charge is 0.191 e. The molecule has 0 aromatic carbocycles. The number of thiophene rings is 1. The molecule has 2 N–H and O–H groups in total. The number of guanidine groups is 1. The van der Waals surface area contributed by atoms with Crippen molar-refractivity contribution in [3.8, 4) is 0 Å². The van der Waals surface area contributed by atoms with E-state index in [-0.39, 0.29) is 0 Å². The predicted molar refractivity (Wildman–Crippen MR) is 89.9 cm³/mol. The molecule has 0 radical (unpaired) electrons. The Morgan fingerprint density at radius 1 is 1.33 bits per heavy atom. The Kier molecular flexibility index (Phi) is 5.75. The van der Waals surface area contributed by atoms with Gasteiger partial charge >= 0.3 is 0 Å². The van der Waals surface area contributed by atoms with Crippen LogP contribution in [0, 0.1) is 6.92 Å². The lowest BCUT2D eigenvalue weighted by atomic mass is 10.1. The zero-order chi connectivity index (χ0) is 15.1. The molecule has 0 spiro atoms. The molecular weight excluding hydrogens is 280 g/mol. The monoisotopic (exact) mass is 302 g/mol. The molecule has 0 aliphatic carbocycles. The molecule has 0 aliphatic rings. The first kappa shape index (κ1) is 15.5. The first-order chi connectivity index (χ1) is 10.2. The van der Waals surface area contributed by atoms with Crippen LogP contribution in [0.2, 0.25) is 0 Å². The summed E-state index contributed by atoms with van der Waals surface area (Å²) in [6, 6.07) is 8.28. The summed E-state index contributed by atoms with van der Waals surface area (Å²) in [5, 5.41) is 8.79. The molecule has 0 bridgehead atoms. The number of nitrogens with one attached hydrogen (secondary N) is 2. The van der Waals surface area contributed by atoms with E-state index in [2.05, 4.69) is 58.0 Å². The Morgan fingerprint density at radius 2 is 2.19 bits per heavy atom. The van der Waals surface area contributed by atoms with Crippen LogP contribution in [0.4, 0.5) is 0 Å². The van der Waals surface area contributed by atoms with Gasteiger partial charge in [-0.05, 0) is 30.0 Å². The van der Waals surface area contributed by atoms with Crippen LogP contribution in [-0.2, 0) is 6.54 Å². The van der Waals surface area contributed by atoms with Crippen LogP contribution in [0.3, 0.4) is 0 Å². The van der Waals surface area contributed by atoms with Crippen molar-refractivity contribution >= 4 is 17.3 Å². The SMILES string of the molecule is CN=C(NCc1ncccc1C)NCC(C)c1cccs1. The zero-order valence-corrected chi connectivity index (χ0v) is 13.6. The minimum atomic E-state index is 0.472. The Balaban J connectivity index is 1.83. The van der Waals surface area contributed by atoms with Crippen molar-refractivity contribution < 1.29 is 0 Å². The van der Waals surface area contributed by atoms with Gasteiger partial charge in [0.25, 0.3) is 0 Å². The molecule has 2 heterocycles. The molecular formula is C16H22N4S. The predicted octanol–water partition coefficient (Wildman–Crippen LogP) is 2.92. The quantitative estimate of drug-likeness (QED) is 0.659. The van der Waals surface area contributed by atoms with Gasteiger partial charge in [-0.15, -0.1) is 11.3 Å². The molecule has 0 saturated carbocycles. The summed E-state index contributed by atoms with van der Waals surface area (Å²) in [6.07, 6.45) is 1.82. The molecule has 0 aliphatic heterocycles. The van der Waals surface area contributed by atoms with Crippen LogP contribution in [0.15, 0.2) is 40.8 Å². The number of hydrogen-bond acceptors (Lipinski definition) is 3. The fourth-order valence-corrected chi connectivity index (χ4v) is 2.80. The van der Waals surface area contributed by atoms with E-state index < -0.39 is 0 Å². The van der Waals surface area contributed by atoms with E-state index in [0.717, 1.165) is 18.2 Å². The third-order valence-electron chi connectivity index (χ3n) is 3.37. The number of hydrogen-bond donors (Lipinski definition) is 2. The second kappa shape index (κ2) is 7.78. The highest BCUT2D eigenvalue weighted by Crippen LogP contribution is 2.19. The normalized spacial score (nSPS) is 13.0. The van der Waals surface area contributed by atoms with Gasteiger partial charge in [-0.3, -0.25) is 9.98 Å². The standard InChI is InChI=1S/C16H22N4S/c1-12-6-4-8-18-14(12)11-20-16(17-3)19-10-13(2)15-7-5-9-21-15/h4-9,13H,10-11H2,1-3H3,(H2,17,19,20). The highest BCUT2D eigenvalue weighted by molar-refractivity contribution is 7.10. The molecule has 112 valence electrons. The molecule has 21 heavy (non-hydrogen) atoms. The van der Waals surface area contributed by atoms with Crippen molar-refractivity contribution in [3.05, 3.63) is 52.0 Å². The van der Waals surface area contributed by atoms with E-state index in [1.807, 2.05) is 12.3 Å². The number of pyridine rings is 1. The van der Waals surface area contributed by atoms with Crippen LogP contribution >= 0.6 is 11.3 Å². The van der Waals surface area contributed by atoms with Crippen LogP contribution < -0.4 is 10.6 Å². The summed E-state index contributed by atoms with van der Waals surface area (Å²) in [4.78, 5) is 10.0. The van der Waals surface area contributed by atoms with Crippen molar-refractivity contribution in [3.63, 3.8) is 0 Å². The fourth-order valence-electron chi connectivity index (χ4n) is 2.01.